The summed E-state index contributed by atoms with van der Waals surface area (Å²) in [5, 5.41) is 0.659. The van der Waals surface area contributed by atoms with Gasteiger partial charge in [-0.2, -0.15) is 0 Å². The van der Waals surface area contributed by atoms with Crippen LogP contribution in [0.15, 0.2) is 18.2 Å². The Morgan fingerprint density at radius 2 is 1.79 bits per heavy atom. The number of esters is 1. The van der Waals surface area contributed by atoms with E-state index in [0.717, 1.165) is 0 Å². The van der Waals surface area contributed by atoms with Crippen molar-refractivity contribution in [1.29, 1.82) is 0 Å². The number of carbonyl (C=O) groups is 1. The molecule has 0 aliphatic rings. The van der Waals surface area contributed by atoms with Crippen molar-refractivity contribution in [2.75, 3.05) is 13.2 Å². The highest BCUT2D eigenvalue weighted by Gasteiger charge is 2.14. The van der Waals surface area contributed by atoms with Crippen LogP contribution in [-0.4, -0.2) is 19.2 Å². The molecule has 0 aliphatic heterocycles. The lowest BCUT2D eigenvalue weighted by molar-refractivity contribution is -0.139. The molecule has 0 aliphatic carbocycles. The summed E-state index contributed by atoms with van der Waals surface area (Å²) in [7, 11) is 0. The second-order valence-corrected chi connectivity index (χ2v) is 5.10. The number of hydrogen-bond donors (Lipinski definition) is 0. The van der Waals surface area contributed by atoms with Gasteiger partial charge in [0.25, 0.3) is 0 Å². The van der Waals surface area contributed by atoms with Gasteiger partial charge in [-0.1, -0.05) is 53.0 Å². The summed E-state index contributed by atoms with van der Waals surface area (Å²) >= 11 is 23.5. The summed E-state index contributed by atoms with van der Waals surface area (Å²) in [5.74, 6) is -0.214. The first-order chi connectivity index (χ1) is 8.84. The smallest absolute Gasteiger partial charge is 0.333 e. The fourth-order valence-electron chi connectivity index (χ4n) is 1.07. The highest BCUT2D eigenvalue weighted by Crippen LogP contribution is 2.41. The first-order valence-electron chi connectivity index (χ1n) is 5.13. The SMILES string of the molecule is C=C(C)C(=O)OCCOc1cc(Cl)c(Cl)c(Cl)c1Cl. The molecule has 0 amide bonds. The van der Waals surface area contributed by atoms with E-state index in [4.69, 9.17) is 55.9 Å². The van der Waals surface area contributed by atoms with E-state index in [-0.39, 0.29) is 39.1 Å². The summed E-state index contributed by atoms with van der Waals surface area (Å²) in [6.45, 7) is 5.17. The standard InChI is InChI=1S/C12H10Cl4O3/c1-6(2)12(17)19-4-3-18-8-5-7(13)9(14)11(16)10(8)15/h5H,1,3-4H2,2H3. The van der Waals surface area contributed by atoms with Crippen LogP contribution in [-0.2, 0) is 9.53 Å². The van der Waals surface area contributed by atoms with Gasteiger partial charge >= 0.3 is 5.97 Å². The average molecular weight is 344 g/mol. The minimum Gasteiger partial charge on any atom is -0.488 e. The molecule has 0 unspecified atom stereocenters. The molecule has 104 valence electrons. The molecule has 0 fully saturated rings. The van der Waals surface area contributed by atoms with Crippen molar-refractivity contribution in [2.24, 2.45) is 0 Å². The van der Waals surface area contributed by atoms with E-state index >= 15 is 0 Å². The average Bonchev–Trinajstić information content (AvgIpc) is 2.37. The zero-order valence-corrected chi connectivity index (χ0v) is 13.0. The lowest BCUT2D eigenvalue weighted by Gasteiger charge is -2.11. The van der Waals surface area contributed by atoms with E-state index in [2.05, 4.69) is 6.58 Å². The number of halogens is 4. The Balaban J connectivity index is 2.60. The summed E-state index contributed by atoms with van der Waals surface area (Å²) in [4.78, 5) is 11.1. The van der Waals surface area contributed by atoms with Crippen LogP contribution in [0.2, 0.25) is 20.1 Å². The van der Waals surface area contributed by atoms with Gasteiger partial charge in [0.05, 0.1) is 15.1 Å². The van der Waals surface area contributed by atoms with Gasteiger partial charge < -0.3 is 9.47 Å². The summed E-state index contributed by atoms with van der Waals surface area (Å²) in [5.41, 5.74) is 0.315. The molecule has 0 radical (unpaired) electrons. The van der Waals surface area contributed by atoms with Crippen LogP contribution in [0, 0.1) is 0 Å². The Kier molecular flexibility index (Phi) is 6.27. The molecular formula is C12H10Cl4O3. The quantitative estimate of drug-likeness (QED) is 0.253. The van der Waals surface area contributed by atoms with Crippen molar-refractivity contribution in [3.63, 3.8) is 0 Å². The first kappa shape index (κ1) is 16.4. The van der Waals surface area contributed by atoms with Gasteiger partial charge in [-0.05, 0) is 6.92 Å². The Morgan fingerprint density at radius 1 is 1.16 bits per heavy atom. The molecule has 19 heavy (non-hydrogen) atoms. The lowest BCUT2D eigenvalue weighted by Crippen LogP contribution is -2.12. The fourth-order valence-corrected chi connectivity index (χ4v) is 1.90. The van der Waals surface area contributed by atoms with E-state index < -0.39 is 5.97 Å². The van der Waals surface area contributed by atoms with Crippen LogP contribution in [0.5, 0.6) is 5.75 Å². The molecule has 1 rings (SSSR count). The molecule has 0 heterocycles. The molecule has 1 aromatic rings. The largest absolute Gasteiger partial charge is 0.488 e. The Bertz CT molecular complexity index is 514. The molecule has 0 N–H and O–H groups in total. The number of hydrogen-bond acceptors (Lipinski definition) is 3. The Labute approximate surface area is 131 Å². The molecule has 7 heteroatoms. The van der Waals surface area contributed by atoms with Crippen molar-refractivity contribution in [3.05, 3.63) is 38.3 Å². The highest BCUT2D eigenvalue weighted by atomic mass is 35.5. The van der Waals surface area contributed by atoms with E-state index in [1.54, 1.807) is 6.92 Å². The summed E-state index contributed by atoms with van der Waals surface area (Å²) in [6.07, 6.45) is 0. The molecule has 0 bridgehead atoms. The zero-order chi connectivity index (χ0) is 14.6. The van der Waals surface area contributed by atoms with Crippen molar-refractivity contribution in [3.8, 4) is 5.75 Å². The van der Waals surface area contributed by atoms with Crippen LogP contribution < -0.4 is 4.74 Å². The van der Waals surface area contributed by atoms with Gasteiger partial charge in [0.1, 0.15) is 24.0 Å². The van der Waals surface area contributed by atoms with Crippen molar-refractivity contribution >= 4 is 52.4 Å². The molecular weight excluding hydrogens is 334 g/mol. The third-order valence-electron chi connectivity index (χ3n) is 1.99. The molecule has 0 aromatic heterocycles. The maximum Gasteiger partial charge on any atom is 0.333 e. The van der Waals surface area contributed by atoms with E-state index in [1.165, 1.54) is 6.07 Å². The van der Waals surface area contributed by atoms with Crippen molar-refractivity contribution < 1.29 is 14.3 Å². The van der Waals surface area contributed by atoms with Gasteiger partial charge in [0.2, 0.25) is 0 Å². The van der Waals surface area contributed by atoms with Crippen LogP contribution in [0.4, 0.5) is 0 Å². The Morgan fingerprint density at radius 3 is 2.37 bits per heavy atom. The number of ether oxygens (including phenoxy) is 2. The molecule has 1 aromatic carbocycles. The van der Waals surface area contributed by atoms with Crippen molar-refractivity contribution in [1.82, 2.24) is 0 Å². The second kappa shape index (κ2) is 7.25. The van der Waals surface area contributed by atoms with Crippen LogP contribution in [0.25, 0.3) is 0 Å². The Hall–Kier alpha value is -0.610. The monoisotopic (exact) mass is 342 g/mol. The zero-order valence-electron chi connectivity index (χ0n) is 9.94. The number of rotatable bonds is 5. The topological polar surface area (TPSA) is 35.5 Å². The molecule has 0 saturated carbocycles. The van der Waals surface area contributed by atoms with E-state index in [0.29, 0.717) is 5.57 Å². The van der Waals surface area contributed by atoms with Gasteiger partial charge in [-0.25, -0.2) is 4.79 Å². The maximum atomic E-state index is 11.1. The van der Waals surface area contributed by atoms with Gasteiger partial charge in [0, 0.05) is 11.6 Å². The van der Waals surface area contributed by atoms with Crippen LogP contribution >= 0.6 is 46.4 Å². The normalized spacial score (nSPS) is 10.2. The second-order valence-electron chi connectivity index (χ2n) is 3.56. The predicted octanol–water partition coefficient (Wildman–Crippen LogP) is 4.80. The fraction of sp³-hybridized carbons (Fsp3) is 0.250. The van der Waals surface area contributed by atoms with Gasteiger partial charge in [-0.15, -0.1) is 0 Å². The third-order valence-corrected chi connectivity index (χ3v) is 3.73. The minimum absolute atomic E-state index is 0.0554. The number of carbonyl (C=O) groups excluding carboxylic acids is 1. The van der Waals surface area contributed by atoms with Crippen LogP contribution in [0.3, 0.4) is 0 Å². The third kappa shape index (κ3) is 4.46. The minimum atomic E-state index is -0.484. The molecule has 3 nitrogen and oxygen atoms in total. The summed E-state index contributed by atoms with van der Waals surface area (Å²) < 4.78 is 10.2. The van der Waals surface area contributed by atoms with Crippen LogP contribution in [0.1, 0.15) is 6.92 Å². The molecule has 0 atom stereocenters. The molecule has 0 spiro atoms. The first-order valence-corrected chi connectivity index (χ1v) is 6.64. The van der Waals surface area contributed by atoms with Crippen molar-refractivity contribution in [2.45, 2.75) is 6.92 Å². The number of benzene rings is 1. The van der Waals surface area contributed by atoms with Gasteiger partial charge in [0.15, 0.2) is 0 Å². The highest BCUT2D eigenvalue weighted by molar-refractivity contribution is 6.52. The van der Waals surface area contributed by atoms with E-state index in [1.807, 2.05) is 0 Å². The maximum absolute atomic E-state index is 11.1. The summed E-state index contributed by atoms with van der Waals surface area (Å²) in [6, 6.07) is 1.44. The van der Waals surface area contributed by atoms with E-state index in [9.17, 15) is 4.79 Å². The predicted molar refractivity (Wildman–Crippen MR) is 77.8 cm³/mol. The lowest BCUT2D eigenvalue weighted by atomic mass is 10.3. The van der Waals surface area contributed by atoms with Gasteiger partial charge in [-0.3, -0.25) is 0 Å². The molecule has 0 saturated heterocycles.